The van der Waals surface area contributed by atoms with Crippen molar-refractivity contribution in [1.82, 2.24) is 21.3 Å². The van der Waals surface area contributed by atoms with Crippen LogP contribution < -0.4 is 32.3 Å². The van der Waals surface area contributed by atoms with Crippen molar-refractivity contribution in [3.05, 3.63) is 114 Å². The van der Waals surface area contributed by atoms with E-state index >= 15 is 0 Å². The Morgan fingerprint density at radius 3 is 2.15 bits per heavy atom. The smallest absolute Gasteiger partial charge is 0.407 e. The molecule has 10 fully saturated rings. The number of urea groups is 1. The summed E-state index contributed by atoms with van der Waals surface area (Å²) >= 11 is 0. The number of Topliss-reactive ketones (excluding diaryl/α,β-unsaturated/α-hetero) is 1. The fraction of sp³-hybridized carbons (Fsp3) is 0.627. The van der Waals surface area contributed by atoms with Gasteiger partial charge in [-0.2, -0.15) is 0 Å². The molecule has 0 aromatic heterocycles. The van der Waals surface area contributed by atoms with Crippen molar-refractivity contribution in [2.24, 2.45) is 23.5 Å². The Morgan fingerprint density at radius 1 is 0.697 bits per heavy atom. The van der Waals surface area contributed by atoms with Crippen molar-refractivity contribution in [3.8, 4) is 11.1 Å². The SMILES string of the molecule is C=C1C[C@@H]2CC[C@@]34C[C@H]5OC6C(O[C@H]7CC[C@H](CC(=O)C[C@@H]8[C@@H](OC)[C@@H](C[C@H](O)CNC(=O)OCc9ccc(NC(=O)[C@H](CCCCNC(N)=O)NC(=O)[C@@H](NC(=O)OCC%10c%11ccccc%11-c%11ccccc%11%10)C(C)C)cc9)O[C@H]8C[C@H]8O[C@@H](CC[C@@H]1O2)CC(C)C8=C)O[C@@H]7[C@@H]6O3)[C@H]5O4. The quantitative estimate of drug-likeness (QED) is 0.0414. The van der Waals surface area contributed by atoms with Crippen LogP contribution in [0.2, 0.25) is 0 Å². The molecule has 3 aromatic carbocycles. The van der Waals surface area contributed by atoms with Crippen LogP contribution in [0.5, 0.6) is 0 Å². The molecule has 12 bridgehead atoms. The molecule has 1 aliphatic carbocycles. The number of alkyl carbamates (subject to hydrolysis) is 2. The molecule has 11 aliphatic rings. The third kappa shape index (κ3) is 15.9. The van der Waals surface area contributed by atoms with Gasteiger partial charge in [0.2, 0.25) is 11.8 Å². The summed E-state index contributed by atoms with van der Waals surface area (Å²) in [5.41, 5.74) is 12.6. The molecule has 8 N–H and O–H groups in total. The number of aliphatic hydroxyl groups excluding tert-OH is 1. The van der Waals surface area contributed by atoms with Gasteiger partial charge in [0, 0.05) is 76.2 Å². The molecule has 6 amide bonds. The lowest BCUT2D eigenvalue weighted by Crippen LogP contribution is -2.61. The summed E-state index contributed by atoms with van der Waals surface area (Å²) in [4.78, 5) is 80.6. The minimum Gasteiger partial charge on any atom is -0.449 e. The minimum atomic E-state index is -1.09. The zero-order valence-electron chi connectivity index (χ0n) is 57.2. The van der Waals surface area contributed by atoms with Gasteiger partial charge >= 0.3 is 18.2 Å². The van der Waals surface area contributed by atoms with Crippen molar-refractivity contribution in [2.75, 3.05) is 32.1 Å². The average molecular weight is 1370 g/mol. The van der Waals surface area contributed by atoms with Crippen molar-refractivity contribution in [2.45, 2.75) is 252 Å². The molecule has 21 atom stereocenters. The van der Waals surface area contributed by atoms with E-state index in [0.29, 0.717) is 56.2 Å². The molecule has 0 saturated carbocycles. The molecule has 3 unspecified atom stereocenters. The predicted octanol–water partition coefficient (Wildman–Crippen LogP) is 8.23. The summed E-state index contributed by atoms with van der Waals surface area (Å²) in [6.07, 6.45) is 0.953. The number of hydrogen-bond donors (Lipinski definition) is 7. The number of aliphatic hydroxyl groups is 1. The Morgan fingerprint density at radius 2 is 1.40 bits per heavy atom. The van der Waals surface area contributed by atoms with Gasteiger partial charge in [-0.1, -0.05) is 94.6 Å². The molecule has 10 saturated heterocycles. The topological polar surface area (TPSA) is 310 Å². The van der Waals surface area contributed by atoms with E-state index in [1.165, 1.54) is 0 Å². The van der Waals surface area contributed by atoms with Gasteiger partial charge in [0.15, 0.2) is 5.79 Å². The maximum atomic E-state index is 14.6. The Labute approximate surface area is 578 Å². The van der Waals surface area contributed by atoms with Crippen LogP contribution in [-0.2, 0) is 73.1 Å². The highest BCUT2D eigenvalue weighted by Gasteiger charge is 2.69. The molecule has 3 aromatic rings. The Bertz CT molecular complexity index is 3400. The molecule has 0 radical (unpaired) electrons. The summed E-state index contributed by atoms with van der Waals surface area (Å²) in [5, 5.41) is 25.2. The first-order valence-electron chi connectivity index (χ1n) is 35.9. The van der Waals surface area contributed by atoms with E-state index in [9.17, 15) is 33.9 Å². The first-order valence-corrected chi connectivity index (χ1v) is 35.9. The highest BCUT2D eigenvalue weighted by molar-refractivity contribution is 5.98. The maximum absolute atomic E-state index is 14.6. The van der Waals surface area contributed by atoms with E-state index in [2.05, 4.69) is 46.7 Å². The highest BCUT2D eigenvalue weighted by atomic mass is 16.8. The number of methoxy groups -OCH3 is 1. The third-order valence-corrected chi connectivity index (χ3v) is 22.2. The van der Waals surface area contributed by atoms with Gasteiger partial charge < -0.3 is 89.5 Å². The molecule has 536 valence electrons. The zero-order valence-corrected chi connectivity index (χ0v) is 57.2. The number of nitrogens with one attached hydrogen (secondary N) is 5. The first kappa shape index (κ1) is 70.6. The molecule has 99 heavy (non-hydrogen) atoms. The van der Waals surface area contributed by atoms with E-state index in [4.69, 9.17) is 57.8 Å². The third-order valence-electron chi connectivity index (χ3n) is 22.2. The second kappa shape index (κ2) is 30.8. The lowest BCUT2D eigenvalue weighted by atomic mass is 9.81. The second-order valence-electron chi connectivity index (χ2n) is 29.4. The normalized spacial score (nSPS) is 33.8. The van der Waals surface area contributed by atoms with Crippen LogP contribution in [-0.4, -0.2) is 183 Å². The van der Waals surface area contributed by atoms with Crippen molar-refractivity contribution in [3.63, 3.8) is 0 Å². The average Bonchev–Trinajstić information content (AvgIpc) is 1.55. The van der Waals surface area contributed by atoms with Gasteiger partial charge in [0.05, 0.1) is 67.1 Å². The monoisotopic (exact) mass is 1370 g/mol. The van der Waals surface area contributed by atoms with E-state index in [1.54, 1.807) is 45.2 Å². The number of fused-ring (bicyclic) bond motifs is 9. The summed E-state index contributed by atoms with van der Waals surface area (Å²) in [7, 11) is 1.59. The fourth-order valence-corrected chi connectivity index (χ4v) is 17.1. The number of primary amides is 1. The van der Waals surface area contributed by atoms with Crippen LogP contribution in [0.3, 0.4) is 0 Å². The lowest BCUT2D eigenvalue weighted by Gasteiger charge is -2.47. The Kier molecular flexibility index (Phi) is 21.9. The number of nitrogens with two attached hydrogens (primary N) is 1. The van der Waals surface area contributed by atoms with Crippen molar-refractivity contribution < 1.29 is 86.0 Å². The van der Waals surface area contributed by atoms with Crippen LogP contribution in [0.1, 0.15) is 146 Å². The Balaban J connectivity index is 0.608. The largest absolute Gasteiger partial charge is 0.449 e. The number of ether oxygens (including phenoxy) is 11. The number of carbonyl (C=O) groups is 6. The second-order valence-corrected chi connectivity index (χ2v) is 29.4. The fourth-order valence-electron chi connectivity index (χ4n) is 17.1. The molecule has 14 rings (SSSR count). The van der Waals surface area contributed by atoms with Gasteiger partial charge in [-0.3, -0.25) is 14.4 Å². The molecular formula is C75H98N6O18. The number of amides is 6. The minimum absolute atomic E-state index is 0.00169. The number of carbonyl (C=O) groups excluding carboxylic acids is 6. The number of unbranched alkanes of at least 4 members (excludes halogenated alkanes) is 1. The summed E-state index contributed by atoms with van der Waals surface area (Å²) < 4.78 is 72.3. The highest BCUT2D eigenvalue weighted by Crippen LogP contribution is 2.55. The van der Waals surface area contributed by atoms with E-state index in [1.807, 2.05) is 48.5 Å². The standard InChI is InChI=1S/C75H98N6O18/c1-39(2)63(81-74(88)91-38-55-52-15-9-7-13-50(52)51-14-8-10-16-53(51)55)71(85)80-56(17-11-12-28-77-72(76)86)70(84)79-44-20-18-43(19-21-44)37-90-73(87)78-36-46(83)33-61-64(89-6)54-32-45(82)31-48-23-25-58-65(94-48)69-68-67(96-58)66-62(97-68)35-75(98-66,99-69)27-26-49-30-41(4)57(92-49)24-22-47-29-40(3)42(5)59(93-47)34-60(54)95-61/h7-10,13-16,18-21,39-40,46-49,54-69,83H,4-5,11-12,17,22-38H2,1-3,6H3,(H,78,87)(H,79,84)(H,80,85)(H,81,88)(H3,76,77,86)/t40?,46-,47-,48+,49-,54-,56-,57-,58-,59+,60-,61+,62+,63-,64+,65-,66-,67?,68?,69-,75-/m0/s1. The molecule has 24 heteroatoms. The van der Waals surface area contributed by atoms with Crippen molar-refractivity contribution in [1.29, 1.82) is 0 Å². The molecular weight excluding hydrogens is 1270 g/mol. The van der Waals surface area contributed by atoms with Crippen LogP contribution in [0.25, 0.3) is 11.1 Å². The van der Waals surface area contributed by atoms with Crippen LogP contribution >= 0.6 is 0 Å². The maximum Gasteiger partial charge on any atom is 0.407 e. The summed E-state index contributed by atoms with van der Waals surface area (Å²) in [6.45, 7) is 14.7. The van der Waals surface area contributed by atoms with Gasteiger partial charge in [-0.15, -0.1) is 0 Å². The lowest BCUT2D eigenvalue weighted by molar-refractivity contribution is -0.292. The van der Waals surface area contributed by atoms with Crippen molar-refractivity contribution >= 4 is 41.5 Å². The van der Waals surface area contributed by atoms with Gasteiger partial charge in [-0.05, 0) is 127 Å². The van der Waals surface area contributed by atoms with Gasteiger partial charge in [-0.25, -0.2) is 14.4 Å². The van der Waals surface area contributed by atoms with E-state index < -0.39 is 90.4 Å². The number of rotatable bonds is 20. The van der Waals surface area contributed by atoms with Gasteiger partial charge in [0.1, 0.15) is 61.6 Å². The number of ketones is 1. The van der Waals surface area contributed by atoms with Gasteiger partial charge in [0.25, 0.3) is 0 Å². The Hall–Kier alpha value is -6.84. The van der Waals surface area contributed by atoms with E-state index in [0.717, 1.165) is 65.5 Å². The molecule has 10 heterocycles. The molecule has 1 spiro atoms. The van der Waals surface area contributed by atoms with E-state index in [-0.39, 0.29) is 137 Å². The first-order chi connectivity index (χ1) is 47.7. The van der Waals surface area contributed by atoms with Crippen LogP contribution in [0.15, 0.2) is 97.1 Å². The number of anilines is 1. The van der Waals surface area contributed by atoms with Crippen LogP contribution in [0, 0.1) is 17.8 Å². The summed E-state index contributed by atoms with van der Waals surface area (Å²) in [6, 6.07) is 19.8. The molecule has 24 nitrogen and oxygen atoms in total. The summed E-state index contributed by atoms with van der Waals surface area (Å²) in [5.74, 6) is -2.79. The predicted molar refractivity (Wildman–Crippen MR) is 361 cm³/mol. The zero-order chi connectivity index (χ0) is 69.2. The number of hydrogen-bond acceptors (Lipinski definition) is 18. The number of benzene rings is 3. The van der Waals surface area contributed by atoms with Crippen LogP contribution in [0.4, 0.5) is 20.1 Å². The molecule has 10 aliphatic heterocycles.